The summed E-state index contributed by atoms with van der Waals surface area (Å²) in [6.45, 7) is 2.52. The van der Waals surface area contributed by atoms with Gasteiger partial charge in [0.2, 0.25) is 0 Å². The Kier molecular flexibility index (Phi) is 6.86. The molecule has 1 atom stereocenters. The van der Waals surface area contributed by atoms with Crippen LogP contribution in [-0.4, -0.2) is 50.2 Å². The van der Waals surface area contributed by atoms with E-state index in [0.29, 0.717) is 17.1 Å². The quantitative estimate of drug-likeness (QED) is 0.585. The fourth-order valence-electron chi connectivity index (χ4n) is 2.86. The maximum atomic E-state index is 12.2. The van der Waals surface area contributed by atoms with Crippen LogP contribution < -0.4 is 9.47 Å². The molecule has 1 amide bonds. The Labute approximate surface area is 148 Å². The van der Waals surface area contributed by atoms with Gasteiger partial charge in [-0.05, 0) is 50.5 Å². The van der Waals surface area contributed by atoms with Crippen molar-refractivity contribution in [3.8, 4) is 11.5 Å². The number of benzene rings is 1. The van der Waals surface area contributed by atoms with Crippen molar-refractivity contribution in [2.24, 2.45) is 0 Å². The van der Waals surface area contributed by atoms with Crippen molar-refractivity contribution in [2.45, 2.75) is 32.2 Å². The van der Waals surface area contributed by atoms with E-state index in [0.717, 1.165) is 25.8 Å². The normalized spacial score (nSPS) is 17.4. The molecule has 136 valence electrons. The van der Waals surface area contributed by atoms with E-state index in [1.807, 2.05) is 6.92 Å². The van der Waals surface area contributed by atoms with Gasteiger partial charge in [0, 0.05) is 24.2 Å². The number of nitrogens with zero attached hydrogens (tertiary/aromatic N) is 1. The molecular weight excluding hydrogens is 322 g/mol. The molecule has 1 aliphatic rings. The Morgan fingerprint density at radius 2 is 2.04 bits per heavy atom. The first-order valence-electron chi connectivity index (χ1n) is 8.41. The Balaban J connectivity index is 1.91. The third-order valence-electron chi connectivity index (χ3n) is 4.30. The molecule has 1 aromatic carbocycles. The monoisotopic (exact) mass is 347 g/mol. The van der Waals surface area contributed by atoms with Crippen molar-refractivity contribution < 1.29 is 23.8 Å². The van der Waals surface area contributed by atoms with Gasteiger partial charge in [0.15, 0.2) is 6.61 Å². The lowest BCUT2D eigenvalue weighted by Gasteiger charge is -2.33. The van der Waals surface area contributed by atoms with Gasteiger partial charge >= 0.3 is 5.97 Å². The predicted molar refractivity (Wildman–Crippen MR) is 94.6 cm³/mol. The number of carbonyl (C=O) groups is 2. The van der Waals surface area contributed by atoms with Crippen LogP contribution in [-0.2, 0) is 14.3 Å². The molecule has 0 bridgehead atoms. The molecule has 0 spiro atoms. The van der Waals surface area contributed by atoms with Gasteiger partial charge in [0.05, 0.1) is 14.2 Å². The van der Waals surface area contributed by atoms with Gasteiger partial charge in [0.1, 0.15) is 11.5 Å². The Morgan fingerprint density at radius 1 is 1.24 bits per heavy atom. The third-order valence-corrected chi connectivity index (χ3v) is 4.30. The number of hydrogen-bond donors (Lipinski definition) is 0. The molecule has 2 rings (SSSR count). The number of methoxy groups -OCH3 is 2. The minimum absolute atomic E-state index is 0.145. The van der Waals surface area contributed by atoms with E-state index in [1.54, 1.807) is 43.4 Å². The topological polar surface area (TPSA) is 65.1 Å². The summed E-state index contributed by atoms with van der Waals surface area (Å²) in [6.07, 6.45) is 5.99. The van der Waals surface area contributed by atoms with Gasteiger partial charge in [0.25, 0.3) is 5.91 Å². The van der Waals surface area contributed by atoms with Crippen molar-refractivity contribution in [3.63, 3.8) is 0 Å². The second-order valence-electron chi connectivity index (χ2n) is 5.98. The average molecular weight is 347 g/mol. The zero-order valence-corrected chi connectivity index (χ0v) is 15.0. The van der Waals surface area contributed by atoms with E-state index in [4.69, 9.17) is 14.2 Å². The third kappa shape index (κ3) is 5.24. The zero-order valence-electron chi connectivity index (χ0n) is 15.0. The highest BCUT2D eigenvalue weighted by molar-refractivity contribution is 5.89. The van der Waals surface area contributed by atoms with Gasteiger partial charge in [-0.2, -0.15) is 0 Å². The number of amides is 1. The maximum absolute atomic E-state index is 12.2. The molecule has 0 unspecified atom stereocenters. The zero-order chi connectivity index (χ0) is 18.2. The number of piperidine rings is 1. The number of likely N-dealkylation sites (tertiary alicyclic amines) is 1. The Bertz CT molecular complexity index is 641. The fourth-order valence-corrected chi connectivity index (χ4v) is 2.86. The lowest BCUT2D eigenvalue weighted by Crippen LogP contribution is -2.44. The lowest BCUT2D eigenvalue weighted by molar-refractivity contribution is -0.149. The fraction of sp³-hybridized carbons (Fsp3) is 0.474. The summed E-state index contributed by atoms with van der Waals surface area (Å²) in [6, 6.07) is 5.48. The molecule has 0 radical (unpaired) electrons. The smallest absolute Gasteiger partial charge is 0.331 e. The molecule has 0 aromatic heterocycles. The predicted octanol–water partition coefficient (Wildman–Crippen LogP) is 2.66. The van der Waals surface area contributed by atoms with Crippen molar-refractivity contribution >= 4 is 18.0 Å². The van der Waals surface area contributed by atoms with Crippen molar-refractivity contribution in [2.75, 3.05) is 27.4 Å². The van der Waals surface area contributed by atoms with Crippen LogP contribution in [0.4, 0.5) is 0 Å². The molecule has 6 heteroatoms. The number of hydrogen-bond acceptors (Lipinski definition) is 5. The second-order valence-corrected chi connectivity index (χ2v) is 5.98. The molecule has 1 saturated heterocycles. The molecule has 1 fully saturated rings. The summed E-state index contributed by atoms with van der Waals surface area (Å²) < 4.78 is 15.5. The first-order chi connectivity index (χ1) is 12.0. The van der Waals surface area contributed by atoms with Crippen molar-refractivity contribution in [3.05, 3.63) is 29.8 Å². The average Bonchev–Trinajstić information content (AvgIpc) is 2.64. The van der Waals surface area contributed by atoms with Crippen LogP contribution >= 0.6 is 0 Å². The highest BCUT2D eigenvalue weighted by atomic mass is 16.5. The van der Waals surface area contributed by atoms with Crippen molar-refractivity contribution in [1.29, 1.82) is 0 Å². The van der Waals surface area contributed by atoms with E-state index in [-0.39, 0.29) is 18.6 Å². The Morgan fingerprint density at radius 3 is 2.72 bits per heavy atom. The van der Waals surface area contributed by atoms with Crippen LogP contribution in [0.1, 0.15) is 31.7 Å². The van der Waals surface area contributed by atoms with Gasteiger partial charge in [-0.15, -0.1) is 0 Å². The summed E-state index contributed by atoms with van der Waals surface area (Å²) in [5.41, 5.74) is 0.690. The standard InChI is InChI=1S/C19H25NO5/c1-14-6-4-5-11-20(14)18(21)13-25-19(22)10-7-15-12-16(23-2)8-9-17(15)24-3/h7-10,12,14H,4-6,11,13H2,1-3H3/b10-7+/t14-/m1/s1. The molecule has 1 heterocycles. The van der Waals surface area contributed by atoms with Gasteiger partial charge in [-0.3, -0.25) is 4.79 Å². The molecular formula is C19H25NO5. The summed E-state index contributed by atoms with van der Waals surface area (Å²) in [7, 11) is 3.12. The van der Waals surface area contributed by atoms with Gasteiger partial charge in [-0.25, -0.2) is 4.79 Å². The van der Waals surface area contributed by atoms with E-state index in [1.165, 1.54) is 6.08 Å². The van der Waals surface area contributed by atoms with Crippen LogP contribution in [0.25, 0.3) is 6.08 Å². The van der Waals surface area contributed by atoms with E-state index < -0.39 is 5.97 Å². The van der Waals surface area contributed by atoms with Crippen LogP contribution in [0.5, 0.6) is 11.5 Å². The summed E-state index contributed by atoms with van der Waals surface area (Å²) >= 11 is 0. The summed E-state index contributed by atoms with van der Waals surface area (Å²) in [5, 5.41) is 0. The minimum atomic E-state index is -0.567. The summed E-state index contributed by atoms with van der Waals surface area (Å²) in [4.78, 5) is 25.8. The molecule has 0 aliphatic carbocycles. The van der Waals surface area contributed by atoms with Crippen LogP contribution in [0.2, 0.25) is 0 Å². The maximum Gasteiger partial charge on any atom is 0.331 e. The number of carbonyl (C=O) groups excluding carboxylic acids is 2. The first kappa shape index (κ1) is 18.8. The highest BCUT2D eigenvalue weighted by Gasteiger charge is 2.23. The largest absolute Gasteiger partial charge is 0.497 e. The molecule has 0 saturated carbocycles. The van der Waals surface area contributed by atoms with E-state index in [2.05, 4.69) is 0 Å². The summed E-state index contributed by atoms with van der Waals surface area (Å²) in [5.74, 6) is 0.557. The van der Waals surface area contributed by atoms with Crippen molar-refractivity contribution in [1.82, 2.24) is 4.90 Å². The Hall–Kier alpha value is -2.50. The number of esters is 1. The van der Waals surface area contributed by atoms with E-state index >= 15 is 0 Å². The SMILES string of the molecule is COc1ccc(OC)c(/C=C/C(=O)OCC(=O)N2CCCC[C@H]2C)c1. The number of ether oxygens (including phenoxy) is 3. The van der Waals surface area contributed by atoms with Crippen LogP contribution in [0, 0.1) is 0 Å². The minimum Gasteiger partial charge on any atom is -0.497 e. The van der Waals surface area contributed by atoms with Crippen LogP contribution in [0.3, 0.4) is 0 Å². The molecule has 0 N–H and O–H groups in total. The highest BCUT2D eigenvalue weighted by Crippen LogP contribution is 2.25. The molecule has 1 aromatic rings. The van der Waals surface area contributed by atoms with Gasteiger partial charge < -0.3 is 19.1 Å². The van der Waals surface area contributed by atoms with E-state index in [9.17, 15) is 9.59 Å². The molecule has 6 nitrogen and oxygen atoms in total. The molecule has 25 heavy (non-hydrogen) atoms. The first-order valence-corrected chi connectivity index (χ1v) is 8.41. The second kappa shape index (κ2) is 9.11. The number of rotatable bonds is 6. The van der Waals surface area contributed by atoms with Gasteiger partial charge in [-0.1, -0.05) is 0 Å². The molecule has 1 aliphatic heterocycles. The van der Waals surface area contributed by atoms with Crippen LogP contribution in [0.15, 0.2) is 24.3 Å². The lowest BCUT2D eigenvalue weighted by atomic mass is 10.0.